The van der Waals surface area contributed by atoms with E-state index in [4.69, 9.17) is 4.74 Å². The lowest BCUT2D eigenvalue weighted by atomic mass is 10.1. The van der Waals surface area contributed by atoms with Gasteiger partial charge >= 0.3 is 0 Å². The van der Waals surface area contributed by atoms with E-state index in [1.807, 2.05) is 36.9 Å². The Labute approximate surface area is 152 Å². The highest BCUT2D eigenvalue weighted by molar-refractivity contribution is 6.07. The van der Waals surface area contributed by atoms with Crippen molar-refractivity contribution >= 4 is 17.2 Å². The summed E-state index contributed by atoms with van der Waals surface area (Å²) in [4.78, 5) is 19.7. The Balaban J connectivity index is 1.80. The lowest BCUT2D eigenvalue weighted by molar-refractivity contribution is 0.0985. The topological polar surface area (TPSA) is 59.7 Å². The predicted molar refractivity (Wildman–Crippen MR) is 100 cm³/mol. The molecule has 6 nitrogen and oxygen atoms in total. The standard InChI is InChI=1S/C20H22N4O2/c1-13-10-19-21-12-17(14(2)24(19)22-13)20(25)23-9-5-4-6-15-7-8-16(26-3)11-18(15)23/h7-8,10-12H,4-6,9H2,1-3H3. The molecule has 134 valence electrons. The molecule has 0 saturated carbocycles. The fourth-order valence-electron chi connectivity index (χ4n) is 3.57. The van der Waals surface area contributed by atoms with Gasteiger partial charge in [0.05, 0.1) is 29.7 Å². The molecule has 26 heavy (non-hydrogen) atoms. The lowest BCUT2D eigenvalue weighted by Crippen LogP contribution is -2.33. The molecule has 0 spiro atoms. The quantitative estimate of drug-likeness (QED) is 0.711. The molecule has 1 aliphatic heterocycles. The molecule has 1 aromatic carbocycles. The van der Waals surface area contributed by atoms with E-state index in [2.05, 4.69) is 16.1 Å². The van der Waals surface area contributed by atoms with Crippen LogP contribution in [-0.2, 0) is 6.42 Å². The van der Waals surface area contributed by atoms with E-state index in [0.717, 1.165) is 47.7 Å². The molecule has 3 aromatic rings. The van der Waals surface area contributed by atoms with Crippen molar-refractivity contribution in [2.45, 2.75) is 33.1 Å². The summed E-state index contributed by atoms with van der Waals surface area (Å²) in [6.45, 7) is 4.53. The number of fused-ring (bicyclic) bond motifs is 2. The van der Waals surface area contributed by atoms with Crippen LogP contribution in [0.2, 0.25) is 0 Å². The Bertz CT molecular complexity index is 993. The summed E-state index contributed by atoms with van der Waals surface area (Å²) in [6, 6.07) is 7.88. The molecule has 3 heterocycles. The number of benzene rings is 1. The Morgan fingerprint density at radius 1 is 1.19 bits per heavy atom. The SMILES string of the molecule is COc1ccc2c(c1)N(C(=O)c1cnc3cc(C)nn3c1C)CCCC2. The minimum absolute atomic E-state index is 0.0403. The van der Waals surface area contributed by atoms with Crippen LogP contribution in [0.25, 0.3) is 5.65 Å². The molecular weight excluding hydrogens is 328 g/mol. The summed E-state index contributed by atoms with van der Waals surface area (Å²) in [5.41, 5.74) is 5.14. The number of aromatic nitrogens is 3. The zero-order valence-corrected chi connectivity index (χ0v) is 15.3. The lowest BCUT2D eigenvalue weighted by Gasteiger charge is -2.24. The first kappa shape index (κ1) is 16.6. The Morgan fingerprint density at radius 2 is 2.04 bits per heavy atom. The maximum atomic E-state index is 13.4. The van der Waals surface area contributed by atoms with Crippen LogP contribution >= 0.6 is 0 Å². The number of aryl methyl sites for hydroxylation is 3. The minimum Gasteiger partial charge on any atom is -0.497 e. The number of ether oxygens (including phenoxy) is 1. The molecule has 0 bridgehead atoms. The predicted octanol–water partition coefficient (Wildman–Crippen LogP) is 3.34. The first-order valence-corrected chi connectivity index (χ1v) is 8.89. The van der Waals surface area contributed by atoms with Crippen LogP contribution in [0.4, 0.5) is 5.69 Å². The van der Waals surface area contributed by atoms with Gasteiger partial charge in [0.2, 0.25) is 0 Å². The molecule has 0 radical (unpaired) electrons. The molecular formula is C20H22N4O2. The van der Waals surface area contributed by atoms with E-state index in [-0.39, 0.29) is 5.91 Å². The zero-order valence-electron chi connectivity index (χ0n) is 15.3. The highest BCUT2D eigenvalue weighted by Crippen LogP contribution is 2.31. The number of nitrogens with zero attached hydrogens (tertiary/aromatic N) is 4. The second kappa shape index (κ2) is 6.44. The number of rotatable bonds is 2. The molecule has 0 unspecified atom stereocenters. The van der Waals surface area contributed by atoms with Gasteiger partial charge in [-0.15, -0.1) is 0 Å². The number of carbonyl (C=O) groups excluding carboxylic acids is 1. The van der Waals surface area contributed by atoms with Crippen LogP contribution in [0.5, 0.6) is 5.75 Å². The van der Waals surface area contributed by atoms with E-state index in [0.29, 0.717) is 12.1 Å². The van der Waals surface area contributed by atoms with Gasteiger partial charge < -0.3 is 9.64 Å². The molecule has 0 N–H and O–H groups in total. The van der Waals surface area contributed by atoms with Gasteiger partial charge in [0.1, 0.15) is 5.75 Å². The average molecular weight is 350 g/mol. The summed E-state index contributed by atoms with van der Waals surface area (Å²) in [5.74, 6) is 0.720. The van der Waals surface area contributed by atoms with Crippen molar-refractivity contribution in [1.82, 2.24) is 14.6 Å². The maximum Gasteiger partial charge on any atom is 0.261 e. The van der Waals surface area contributed by atoms with Gasteiger partial charge in [0.25, 0.3) is 5.91 Å². The van der Waals surface area contributed by atoms with Crippen molar-refractivity contribution < 1.29 is 9.53 Å². The van der Waals surface area contributed by atoms with Crippen molar-refractivity contribution in [3.63, 3.8) is 0 Å². The van der Waals surface area contributed by atoms with Gasteiger partial charge in [-0.05, 0) is 44.7 Å². The van der Waals surface area contributed by atoms with E-state index in [1.54, 1.807) is 17.8 Å². The van der Waals surface area contributed by atoms with E-state index >= 15 is 0 Å². The van der Waals surface area contributed by atoms with Gasteiger partial charge in [-0.1, -0.05) is 6.07 Å². The van der Waals surface area contributed by atoms with Gasteiger partial charge in [-0.3, -0.25) is 4.79 Å². The summed E-state index contributed by atoms with van der Waals surface area (Å²) in [6.07, 6.45) is 4.67. The van der Waals surface area contributed by atoms with Crippen LogP contribution in [-0.4, -0.2) is 34.2 Å². The average Bonchev–Trinajstić information content (AvgIpc) is 2.90. The van der Waals surface area contributed by atoms with Gasteiger partial charge in [0.15, 0.2) is 5.65 Å². The van der Waals surface area contributed by atoms with Crippen molar-refractivity contribution in [2.24, 2.45) is 0 Å². The largest absolute Gasteiger partial charge is 0.497 e. The van der Waals surface area contributed by atoms with Crippen molar-refractivity contribution in [3.05, 3.63) is 53.0 Å². The van der Waals surface area contributed by atoms with Crippen molar-refractivity contribution in [3.8, 4) is 5.75 Å². The summed E-state index contributed by atoms with van der Waals surface area (Å²) < 4.78 is 7.12. The fraction of sp³-hybridized carbons (Fsp3) is 0.350. The first-order valence-electron chi connectivity index (χ1n) is 8.89. The third kappa shape index (κ3) is 2.71. The van der Waals surface area contributed by atoms with Crippen LogP contribution in [0.3, 0.4) is 0 Å². The van der Waals surface area contributed by atoms with Gasteiger partial charge in [0, 0.05) is 24.9 Å². The minimum atomic E-state index is -0.0403. The second-order valence-electron chi connectivity index (χ2n) is 6.72. The van der Waals surface area contributed by atoms with Crippen LogP contribution in [0.1, 0.15) is 40.2 Å². The van der Waals surface area contributed by atoms with Crippen molar-refractivity contribution in [1.29, 1.82) is 0 Å². The molecule has 2 aromatic heterocycles. The van der Waals surface area contributed by atoms with Crippen LogP contribution in [0, 0.1) is 13.8 Å². The molecule has 0 fully saturated rings. The molecule has 1 amide bonds. The van der Waals surface area contributed by atoms with Gasteiger partial charge in [-0.2, -0.15) is 5.10 Å². The molecule has 0 saturated heterocycles. The maximum absolute atomic E-state index is 13.4. The number of methoxy groups -OCH3 is 1. The number of anilines is 1. The highest BCUT2D eigenvalue weighted by atomic mass is 16.5. The number of carbonyl (C=O) groups is 1. The summed E-state index contributed by atoms with van der Waals surface area (Å²) in [5, 5.41) is 4.45. The Hall–Kier alpha value is -2.89. The fourth-order valence-corrected chi connectivity index (χ4v) is 3.57. The first-order chi connectivity index (χ1) is 12.6. The molecule has 1 aliphatic rings. The normalized spacial score (nSPS) is 14.2. The van der Waals surface area contributed by atoms with Crippen LogP contribution < -0.4 is 9.64 Å². The molecule has 0 aliphatic carbocycles. The number of amides is 1. The summed E-state index contributed by atoms with van der Waals surface area (Å²) in [7, 11) is 1.65. The summed E-state index contributed by atoms with van der Waals surface area (Å²) >= 11 is 0. The van der Waals surface area contributed by atoms with E-state index in [1.165, 1.54) is 5.56 Å². The number of hydrogen-bond donors (Lipinski definition) is 0. The Morgan fingerprint density at radius 3 is 2.85 bits per heavy atom. The van der Waals surface area contributed by atoms with Crippen molar-refractivity contribution in [2.75, 3.05) is 18.6 Å². The molecule has 6 heteroatoms. The Kier molecular flexibility index (Phi) is 4.11. The zero-order chi connectivity index (χ0) is 18.3. The van der Waals surface area contributed by atoms with Gasteiger partial charge in [-0.25, -0.2) is 9.50 Å². The van der Waals surface area contributed by atoms with Crippen LogP contribution in [0.15, 0.2) is 30.5 Å². The van der Waals surface area contributed by atoms with E-state index in [9.17, 15) is 4.79 Å². The molecule has 0 atom stereocenters. The van der Waals surface area contributed by atoms with E-state index < -0.39 is 0 Å². The molecule has 4 rings (SSSR count). The highest BCUT2D eigenvalue weighted by Gasteiger charge is 2.25. The smallest absolute Gasteiger partial charge is 0.261 e. The second-order valence-corrected chi connectivity index (χ2v) is 6.72. The monoisotopic (exact) mass is 350 g/mol. The third-order valence-electron chi connectivity index (χ3n) is 4.98. The number of hydrogen-bond acceptors (Lipinski definition) is 4. The third-order valence-corrected chi connectivity index (χ3v) is 4.98.